The monoisotopic (exact) mass is 336 g/mol. The molecule has 25 heavy (non-hydrogen) atoms. The average Bonchev–Trinajstić information content (AvgIpc) is 3.36. The number of nitrogens with zero attached hydrogens (tertiary/aromatic N) is 3. The zero-order chi connectivity index (χ0) is 17.2. The summed E-state index contributed by atoms with van der Waals surface area (Å²) < 4.78 is 5.28. The SMILES string of the molecule is CCc1ccc(-c2[nH]ncc2CN2CCCC2c2cc(C)on2)cc1. The van der Waals surface area contributed by atoms with Crippen molar-refractivity contribution in [1.82, 2.24) is 20.3 Å². The lowest BCUT2D eigenvalue weighted by Gasteiger charge is -2.22. The highest BCUT2D eigenvalue weighted by atomic mass is 16.5. The lowest BCUT2D eigenvalue weighted by Crippen LogP contribution is -2.23. The third-order valence-corrected chi connectivity index (χ3v) is 5.09. The first-order chi connectivity index (χ1) is 12.2. The number of hydrogen-bond donors (Lipinski definition) is 1. The molecule has 1 atom stereocenters. The predicted octanol–water partition coefficient (Wildman–Crippen LogP) is 4.27. The van der Waals surface area contributed by atoms with Gasteiger partial charge in [-0.15, -0.1) is 0 Å². The van der Waals surface area contributed by atoms with Crippen molar-refractivity contribution < 1.29 is 4.52 Å². The van der Waals surface area contributed by atoms with Gasteiger partial charge in [0, 0.05) is 18.2 Å². The van der Waals surface area contributed by atoms with Crippen LogP contribution in [0.1, 0.15) is 48.4 Å². The molecule has 0 amide bonds. The summed E-state index contributed by atoms with van der Waals surface area (Å²) in [4.78, 5) is 2.48. The van der Waals surface area contributed by atoms with E-state index < -0.39 is 0 Å². The minimum Gasteiger partial charge on any atom is -0.361 e. The molecule has 1 fully saturated rings. The maximum Gasteiger partial charge on any atom is 0.133 e. The van der Waals surface area contributed by atoms with Gasteiger partial charge in [0.2, 0.25) is 0 Å². The Kier molecular flexibility index (Phi) is 4.40. The van der Waals surface area contributed by atoms with Crippen LogP contribution < -0.4 is 0 Å². The topological polar surface area (TPSA) is 58.0 Å². The van der Waals surface area contributed by atoms with Crippen molar-refractivity contribution in [3.05, 3.63) is 59.1 Å². The predicted molar refractivity (Wildman–Crippen MR) is 97.0 cm³/mol. The molecule has 5 heteroatoms. The molecule has 130 valence electrons. The van der Waals surface area contributed by atoms with Gasteiger partial charge >= 0.3 is 0 Å². The fourth-order valence-corrected chi connectivity index (χ4v) is 3.70. The molecule has 3 heterocycles. The molecule has 5 nitrogen and oxygen atoms in total. The number of benzene rings is 1. The van der Waals surface area contributed by atoms with E-state index in [1.165, 1.54) is 23.1 Å². The van der Waals surface area contributed by atoms with E-state index in [0.29, 0.717) is 6.04 Å². The van der Waals surface area contributed by atoms with Crippen LogP contribution in [0.25, 0.3) is 11.3 Å². The van der Waals surface area contributed by atoms with E-state index in [0.717, 1.165) is 43.1 Å². The van der Waals surface area contributed by atoms with Crippen molar-refractivity contribution in [2.45, 2.75) is 45.7 Å². The summed E-state index contributed by atoms with van der Waals surface area (Å²) in [7, 11) is 0. The number of hydrogen-bond acceptors (Lipinski definition) is 4. The summed E-state index contributed by atoms with van der Waals surface area (Å²) in [5.74, 6) is 0.877. The fourth-order valence-electron chi connectivity index (χ4n) is 3.70. The van der Waals surface area contributed by atoms with Crippen molar-refractivity contribution in [2.24, 2.45) is 0 Å². The second-order valence-corrected chi connectivity index (χ2v) is 6.81. The Morgan fingerprint density at radius 1 is 1.28 bits per heavy atom. The Balaban J connectivity index is 1.56. The summed E-state index contributed by atoms with van der Waals surface area (Å²) >= 11 is 0. The van der Waals surface area contributed by atoms with Crippen LogP contribution in [0.4, 0.5) is 0 Å². The van der Waals surface area contributed by atoms with Gasteiger partial charge in [0.15, 0.2) is 0 Å². The minimum absolute atomic E-state index is 0.336. The molecule has 0 aliphatic carbocycles. The van der Waals surface area contributed by atoms with E-state index >= 15 is 0 Å². The molecule has 0 bridgehead atoms. The molecule has 0 spiro atoms. The Labute approximate surface area is 148 Å². The molecular formula is C20H24N4O. The number of aryl methyl sites for hydroxylation is 2. The van der Waals surface area contributed by atoms with Crippen molar-refractivity contribution in [2.75, 3.05) is 6.54 Å². The smallest absolute Gasteiger partial charge is 0.133 e. The van der Waals surface area contributed by atoms with E-state index in [9.17, 15) is 0 Å². The van der Waals surface area contributed by atoms with Gasteiger partial charge in [-0.3, -0.25) is 10.00 Å². The quantitative estimate of drug-likeness (QED) is 0.756. The number of aromatic nitrogens is 3. The second-order valence-electron chi connectivity index (χ2n) is 6.81. The summed E-state index contributed by atoms with van der Waals surface area (Å²) in [6.07, 6.45) is 5.33. The number of aromatic amines is 1. The molecule has 4 rings (SSSR count). The zero-order valence-electron chi connectivity index (χ0n) is 14.8. The zero-order valence-corrected chi connectivity index (χ0v) is 14.8. The van der Waals surface area contributed by atoms with Crippen LogP contribution in [0.5, 0.6) is 0 Å². The molecule has 1 aliphatic heterocycles. The van der Waals surface area contributed by atoms with Gasteiger partial charge < -0.3 is 4.52 Å². The first-order valence-corrected chi connectivity index (χ1v) is 9.03. The number of nitrogens with one attached hydrogen (secondary N) is 1. The van der Waals surface area contributed by atoms with Crippen molar-refractivity contribution >= 4 is 0 Å². The van der Waals surface area contributed by atoms with Gasteiger partial charge in [-0.05, 0) is 43.9 Å². The van der Waals surface area contributed by atoms with E-state index in [2.05, 4.69) is 57.5 Å². The fraction of sp³-hybridized carbons (Fsp3) is 0.400. The Morgan fingerprint density at radius 3 is 2.84 bits per heavy atom. The Bertz CT molecular complexity index is 834. The Morgan fingerprint density at radius 2 is 2.12 bits per heavy atom. The molecule has 0 saturated carbocycles. The summed E-state index contributed by atoms with van der Waals surface area (Å²) in [6.45, 7) is 6.08. The molecule has 3 aromatic rings. The molecule has 2 aromatic heterocycles. The molecule has 0 radical (unpaired) electrons. The third-order valence-electron chi connectivity index (χ3n) is 5.09. The Hall–Kier alpha value is -2.40. The van der Waals surface area contributed by atoms with Crippen LogP contribution in [0.3, 0.4) is 0 Å². The van der Waals surface area contributed by atoms with E-state index in [1.807, 2.05) is 13.1 Å². The third kappa shape index (κ3) is 3.24. The van der Waals surface area contributed by atoms with Crippen LogP contribution >= 0.6 is 0 Å². The van der Waals surface area contributed by atoms with Gasteiger partial charge in [-0.25, -0.2) is 0 Å². The van der Waals surface area contributed by atoms with Crippen LogP contribution in [-0.4, -0.2) is 26.8 Å². The molecule has 1 saturated heterocycles. The average molecular weight is 336 g/mol. The van der Waals surface area contributed by atoms with Crippen LogP contribution in [0.2, 0.25) is 0 Å². The normalized spacial score (nSPS) is 18.1. The highest BCUT2D eigenvalue weighted by molar-refractivity contribution is 5.62. The largest absolute Gasteiger partial charge is 0.361 e. The molecule has 1 unspecified atom stereocenters. The molecular weight excluding hydrogens is 312 g/mol. The standard InChI is InChI=1S/C20H24N4O/c1-3-15-6-8-16(9-7-15)20-17(12-21-22-20)13-24-10-4-5-19(24)18-11-14(2)25-23-18/h6-9,11-12,19H,3-5,10,13H2,1-2H3,(H,21,22). The number of H-pyrrole nitrogens is 1. The van der Waals surface area contributed by atoms with Gasteiger partial charge in [0.25, 0.3) is 0 Å². The molecule has 1 N–H and O–H groups in total. The van der Waals surface area contributed by atoms with Gasteiger partial charge in [0.05, 0.1) is 17.9 Å². The first kappa shape index (κ1) is 16.1. The minimum atomic E-state index is 0.336. The molecule has 1 aromatic carbocycles. The maximum absolute atomic E-state index is 5.28. The van der Waals surface area contributed by atoms with Crippen LogP contribution in [-0.2, 0) is 13.0 Å². The number of rotatable bonds is 5. The second kappa shape index (κ2) is 6.84. The van der Waals surface area contributed by atoms with Crippen LogP contribution in [0.15, 0.2) is 41.1 Å². The van der Waals surface area contributed by atoms with Crippen molar-refractivity contribution in [3.63, 3.8) is 0 Å². The van der Waals surface area contributed by atoms with Crippen LogP contribution in [0, 0.1) is 6.92 Å². The lowest BCUT2D eigenvalue weighted by atomic mass is 10.0. The highest BCUT2D eigenvalue weighted by Crippen LogP contribution is 2.34. The van der Waals surface area contributed by atoms with Crippen molar-refractivity contribution in [1.29, 1.82) is 0 Å². The van der Waals surface area contributed by atoms with E-state index in [1.54, 1.807) is 0 Å². The maximum atomic E-state index is 5.28. The molecule has 1 aliphatic rings. The van der Waals surface area contributed by atoms with Gasteiger partial charge in [0.1, 0.15) is 11.5 Å². The highest BCUT2D eigenvalue weighted by Gasteiger charge is 2.29. The van der Waals surface area contributed by atoms with Gasteiger partial charge in [-0.2, -0.15) is 5.10 Å². The lowest BCUT2D eigenvalue weighted by molar-refractivity contribution is 0.237. The van der Waals surface area contributed by atoms with Gasteiger partial charge in [-0.1, -0.05) is 36.3 Å². The number of likely N-dealkylation sites (tertiary alicyclic amines) is 1. The summed E-state index contributed by atoms with van der Waals surface area (Å²) in [6, 6.07) is 11.1. The summed E-state index contributed by atoms with van der Waals surface area (Å²) in [5.41, 5.74) is 5.94. The van der Waals surface area contributed by atoms with E-state index in [4.69, 9.17) is 4.52 Å². The van der Waals surface area contributed by atoms with E-state index in [-0.39, 0.29) is 0 Å². The first-order valence-electron chi connectivity index (χ1n) is 9.03. The summed E-state index contributed by atoms with van der Waals surface area (Å²) in [5, 5.41) is 11.7. The van der Waals surface area contributed by atoms with Crippen molar-refractivity contribution in [3.8, 4) is 11.3 Å².